The number of aryl methyl sites for hydroxylation is 2. The minimum absolute atomic E-state index is 0.178. The van der Waals surface area contributed by atoms with Crippen LogP contribution in [0.4, 0.5) is 0 Å². The van der Waals surface area contributed by atoms with E-state index in [1.807, 2.05) is 18.3 Å². The third-order valence-electron chi connectivity index (χ3n) is 3.45. The van der Waals surface area contributed by atoms with Gasteiger partial charge in [-0.3, -0.25) is 0 Å². The topological polar surface area (TPSA) is 61.1 Å². The van der Waals surface area contributed by atoms with Gasteiger partial charge in [-0.1, -0.05) is 47.3 Å². The fourth-order valence-electron chi connectivity index (χ4n) is 2.11. The molecule has 3 rings (SSSR count). The highest BCUT2D eigenvalue weighted by Gasteiger charge is 2.24. The van der Waals surface area contributed by atoms with Gasteiger partial charge in [0.15, 0.2) is 0 Å². The molecule has 0 fully saturated rings. The molecule has 1 aliphatic carbocycles. The number of fused-ring (bicyclic) bond motifs is 1. The molecular formula is C16H17NO3S3. The standard InChI is InChI=1S/C9H10NS2.C7H8O3S/c1-6-10(2)9-7(11)4-3-5-8(9)12-6;1-6-2-4-7(5-3-6)11(8,9)10/h3,5H,4H2,1-2H3;2-5H,1H3,(H,8,9,10)/q+1;/p-1. The molecule has 0 saturated heterocycles. The highest BCUT2D eigenvalue weighted by Crippen LogP contribution is 2.23. The van der Waals surface area contributed by atoms with E-state index in [4.69, 9.17) is 12.2 Å². The smallest absolute Gasteiger partial charge is 0.237 e. The molecule has 23 heavy (non-hydrogen) atoms. The Morgan fingerprint density at radius 2 is 1.83 bits per heavy atom. The van der Waals surface area contributed by atoms with Crippen molar-refractivity contribution >= 4 is 44.6 Å². The van der Waals surface area contributed by atoms with Crippen LogP contribution < -0.4 is 4.57 Å². The normalized spacial score (nSPS) is 13.3. The number of rotatable bonds is 1. The molecule has 0 unspecified atom stereocenters. The maximum atomic E-state index is 10.4. The number of aromatic nitrogens is 1. The molecule has 0 saturated carbocycles. The van der Waals surface area contributed by atoms with Crippen molar-refractivity contribution < 1.29 is 17.5 Å². The molecule has 1 aromatic heterocycles. The van der Waals surface area contributed by atoms with Crippen molar-refractivity contribution in [1.82, 2.24) is 0 Å². The van der Waals surface area contributed by atoms with Crippen molar-refractivity contribution in [2.75, 3.05) is 0 Å². The molecule has 0 spiro atoms. The van der Waals surface area contributed by atoms with Gasteiger partial charge < -0.3 is 4.55 Å². The number of hydrogen-bond acceptors (Lipinski definition) is 5. The predicted octanol–water partition coefficient (Wildman–Crippen LogP) is 2.92. The Bertz CT molecular complexity index is 863. The van der Waals surface area contributed by atoms with Crippen molar-refractivity contribution in [1.29, 1.82) is 0 Å². The third-order valence-corrected chi connectivity index (χ3v) is 5.77. The Kier molecular flexibility index (Phi) is 5.46. The lowest BCUT2D eigenvalue weighted by Crippen LogP contribution is -2.36. The van der Waals surface area contributed by atoms with Crippen LogP contribution in [0.1, 0.15) is 27.6 Å². The fraction of sp³-hybridized carbons (Fsp3) is 0.250. The van der Waals surface area contributed by atoms with Crippen molar-refractivity contribution in [3.05, 3.63) is 51.5 Å². The first-order valence-corrected chi connectivity index (χ1v) is 9.55. The van der Waals surface area contributed by atoms with Gasteiger partial charge in [0.05, 0.1) is 9.76 Å². The number of thiazole rings is 1. The van der Waals surface area contributed by atoms with Gasteiger partial charge in [-0.25, -0.2) is 8.42 Å². The van der Waals surface area contributed by atoms with Gasteiger partial charge in [0.1, 0.15) is 22.0 Å². The molecule has 1 aliphatic rings. The SMILES string of the molecule is Cc1ccc(S(=O)(=O)[O-])cc1.Cc1sc2c([n+]1C)C(=S)CC=C2. The maximum absolute atomic E-state index is 10.4. The summed E-state index contributed by atoms with van der Waals surface area (Å²) in [7, 11) is -2.19. The van der Waals surface area contributed by atoms with E-state index in [2.05, 4.69) is 30.7 Å². The first-order valence-electron chi connectivity index (χ1n) is 6.92. The summed E-state index contributed by atoms with van der Waals surface area (Å²) < 4.78 is 33.4. The molecule has 4 nitrogen and oxygen atoms in total. The first kappa shape index (κ1) is 17.9. The van der Waals surface area contributed by atoms with Crippen LogP contribution in [0, 0.1) is 13.8 Å². The Morgan fingerprint density at radius 3 is 2.35 bits per heavy atom. The molecule has 0 atom stereocenters. The summed E-state index contributed by atoms with van der Waals surface area (Å²) in [5.74, 6) is 0. The van der Waals surface area contributed by atoms with E-state index in [0.29, 0.717) is 0 Å². The van der Waals surface area contributed by atoms with Gasteiger partial charge in [-0.15, -0.1) is 0 Å². The minimum Gasteiger partial charge on any atom is -0.744 e. The largest absolute Gasteiger partial charge is 0.744 e. The van der Waals surface area contributed by atoms with Crippen LogP contribution >= 0.6 is 23.6 Å². The Hall–Kier alpha value is -1.41. The molecular weight excluding hydrogens is 350 g/mol. The zero-order chi connectivity index (χ0) is 17.2. The van der Waals surface area contributed by atoms with Gasteiger partial charge in [0, 0.05) is 13.3 Å². The Balaban J connectivity index is 0.000000168. The van der Waals surface area contributed by atoms with E-state index in [-0.39, 0.29) is 4.90 Å². The second-order valence-corrected chi connectivity index (χ2v) is 8.30. The van der Waals surface area contributed by atoms with Crippen molar-refractivity contribution in [3.63, 3.8) is 0 Å². The lowest BCUT2D eigenvalue weighted by molar-refractivity contribution is -0.673. The molecule has 1 aromatic carbocycles. The molecule has 122 valence electrons. The number of hydrogen-bond donors (Lipinski definition) is 0. The summed E-state index contributed by atoms with van der Waals surface area (Å²) in [4.78, 5) is 2.20. The van der Waals surface area contributed by atoms with E-state index in [1.165, 1.54) is 27.7 Å². The monoisotopic (exact) mass is 367 g/mol. The van der Waals surface area contributed by atoms with Crippen LogP contribution in [0.5, 0.6) is 0 Å². The second-order valence-electron chi connectivity index (χ2n) is 5.19. The summed E-state index contributed by atoms with van der Waals surface area (Å²) in [6.45, 7) is 3.95. The zero-order valence-corrected chi connectivity index (χ0v) is 15.5. The third kappa shape index (κ3) is 4.32. The van der Waals surface area contributed by atoms with Gasteiger partial charge in [0.2, 0.25) is 10.7 Å². The average molecular weight is 368 g/mol. The number of nitrogens with zero attached hydrogens (tertiary/aromatic N) is 1. The lowest BCUT2D eigenvalue weighted by Gasteiger charge is -2.05. The molecule has 0 bridgehead atoms. The van der Waals surface area contributed by atoms with Crippen molar-refractivity contribution in [2.45, 2.75) is 25.2 Å². The average Bonchev–Trinajstić information content (AvgIpc) is 2.75. The van der Waals surface area contributed by atoms with Gasteiger partial charge in [0.25, 0.3) is 0 Å². The van der Waals surface area contributed by atoms with Crippen molar-refractivity contribution in [2.24, 2.45) is 7.05 Å². The Labute approximate surface area is 145 Å². The Morgan fingerprint density at radius 1 is 1.22 bits per heavy atom. The van der Waals surface area contributed by atoms with Crippen LogP contribution in [-0.4, -0.2) is 17.8 Å². The van der Waals surface area contributed by atoms with E-state index in [0.717, 1.165) is 16.8 Å². The second kappa shape index (κ2) is 7.00. The molecule has 0 radical (unpaired) electrons. The maximum Gasteiger partial charge on any atom is 0.237 e. The molecule has 7 heteroatoms. The number of thiocarbonyl (C=S) groups is 1. The summed E-state index contributed by atoms with van der Waals surface area (Å²) in [5.41, 5.74) is 2.17. The van der Waals surface area contributed by atoms with Crippen LogP contribution in [-0.2, 0) is 17.2 Å². The van der Waals surface area contributed by atoms with E-state index in [9.17, 15) is 13.0 Å². The number of benzene rings is 1. The molecule has 1 heterocycles. The molecule has 2 aromatic rings. The summed E-state index contributed by atoms with van der Waals surface area (Å²) in [6, 6.07) is 5.78. The predicted molar refractivity (Wildman–Crippen MR) is 94.7 cm³/mol. The molecule has 0 amide bonds. The van der Waals surface area contributed by atoms with Crippen LogP contribution in [0.3, 0.4) is 0 Å². The van der Waals surface area contributed by atoms with Crippen LogP contribution in [0.2, 0.25) is 0 Å². The quantitative estimate of drug-likeness (QED) is 0.442. The molecule has 0 aliphatic heterocycles. The van der Waals surface area contributed by atoms with Crippen LogP contribution in [0.25, 0.3) is 6.08 Å². The lowest BCUT2D eigenvalue weighted by atomic mass is 10.1. The van der Waals surface area contributed by atoms with E-state index in [1.54, 1.807) is 12.1 Å². The van der Waals surface area contributed by atoms with Gasteiger partial charge >= 0.3 is 0 Å². The van der Waals surface area contributed by atoms with Gasteiger partial charge in [-0.2, -0.15) is 4.57 Å². The van der Waals surface area contributed by atoms with E-state index < -0.39 is 10.1 Å². The minimum atomic E-state index is -4.27. The summed E-state index contributed by atoms with van der Waals surface area (Å²) in [5, 5.41) is 1.31. The molecule has 0 N–H and O–H groups in total. The summed E-state index contributed by atoms with van der Waals surface area (Å²) in [6.07, 6.45) is 5.23. The van der Waals surface area contributed by atoms with E-state index >= 15 is 0 Å². The first-order chi connectivity index (χ1) is 10.7. The van der Waals surface area contributed by atoms with Crippen LogP contribution in [0.15, 0.2) is 35.2 Å². The highest BCUT2D eigenvalue weighted by atomic mass is 32.2. The fourth-order valence-corrected chi connectivity index (χ4v) is 4.06. The summed E-state index contributed by atoms with van der Waals surface area (Å²) >= 11 is 7.11. The highest BCUT2D eigenvalue weighted by molar-refractivity contribution is 7.85. The van der Waals surface area contributed by atoms with Gasteiger partial charge in [-0.05, 0) is 25.1 Å². The van der Waals surface area contributed by atoms with Crippen molar-refractivity contribution in [3.8, 4) is 0 Å². The zero-order valence-electron chi connectivity index (χ0n) is 13.1. The number of allylic oxidation sites excluding steroid dienone is 1.